The number of fused-ring (bicyclic) bond motifs is 3. The molecule has 0 aliphatic heterocycles. The molecule has 0 radical (unpaired) electrons. The number of aliphatic hydroxyl groups excluding tert-OH is 2. The number of nitrogens with one attached hydrogen (secondary N) is 1. The number of benzene rings is 2. The number of methoxy groups -OCH3 is 1. The number of phenols is 1. The van der Waals surface area contributed by atoms with Crippen molar-refractivity contribution in [1.82, 2.24) is 5.32 Å². The highest BCUT2D eigenvalue weighted by atomic mass is 16.5. The first-order valence-corrected chi connectivity index (χ1v) is 13.1. The van der Waals surface area contributed by atoms with Crippen LogP contribution in [0.3, 0.4) is 0 Å². The molecule has 0 saturated heterocycles. The number of aromatic hydroxyl groups is 1. The predicted molar refractivity (Wildman–Crippen MR) is 145 cm³/mol. The zero-order valence-corrected chi connectivity index (χ0v) is 22.4. The molecule has 210 valence electrons. The number of hydrogen-bond donors (Lipinski definition) is 6. The number of phenolic OH excluding ortho intramolecular Hbond substituents is 1. The molecule has 0 heterocycles. The largest absolute Gasteiger partial charge is 0.511 e. The molecule has 0 aromatic heterocycles. The van der Waals surface area contributed by atoms with Crippen LogP contribution in [-0.4, -0.2) is 56.7 Å². The van der Waals surface area contributed by atoms with Crippen molar-refractivity contribution in [3.63, 3.8) is 0 Å². The minimum Gasteiger partial charge on any atom is -0.511 e. The van der Waals surface area contributed by atoms with Crippen LogP contribution in [0.15, 0.2) is 53.0 Å². The van der Waals surface area contributed by atoms with E-state index in [2.05, 4.69) is 5.32 Å². The lowest BCUT2D eigenvalue weighted by molar-refractivity contribution is -0.144. The average molecular weight is 549 g/mol. The van der Waals surface area contributed by atoms with Gasteiger partial charge in [-0.25, -0.2) is 0 Å². The predicted octanol–water partition coefficient (Wildman–Crippen LogP) is 2.75. The Labute approximate surface area is 230 Å². The van der Waals surface area contributed by atoms with Gasteiger partial charge in [0.05, 0.1) is 12.7 Å². The molecule has 1 amide bonds. The number of hydrogen-bond acceptors (Lipinski definition) is 9. The minimum atomic E-state index is -2.59. The third kappa shape index (κ3) is 4.06. The molecule has 3 aliphatic rings. The third-order valence-electron chi connectivity index (χ3n) is 8.21. The zero-order chi connectivity index (χ0) is 29.1. The first-order valence-electron chi connectivity index (χ1n) is 13.1. The first-order chi connectivity index (χ1) is 18.9. The van der Waals surface area contributed by atoms with Crippen LogP contribution in [0, 0.1) is 11.8 Å². The maximum Gasteiger partial charge on any atom is 0.255 e. The summed E-state index contributed by atoms with van der Waals surface area (Å²) in [5, 5.41) is 47.2. The molecule has 0 spiro atoms. The molecule has 0 bridgehead atoms. The maximum atomic E-state index is 13.9. The number of rotatable bonds is 6. The fourth-order valence-electron chi connectivity index (χ4n) is 6.27. The van der Waals surface area contributed by atoms with Gasteiger partial charge in [0.25, 0.3) is 5.91 Å². The lowest BCUT2D eigenvalue weighted by atomic mass is 9.60. The highest BCUT2D eigenvalue weighted by molar-refractivity contribution is 6.24. The molecular formula is C30H32N2O8. The average Bonchev–Trinajstić information content (AvgIpc) is 2.89. The molecule has 3 atom stereocenters. The molecule has 2 aromatic carbocycles. The zero-order valence-electron chi connectivity index (χ0n) is 22.4. The van der Waals surface area contributed by atoms with Crippen LogP contribution in [-0.2, 0) is 22.6 Å². The van der Waals surface area contributed by atoms with E-state index in [0.29, 0.717) is 23.4 Å². The first kappa shape index (κ1) is 27.4. The van der Waals surface area contributed by atoms with Crippen LogP contribution in [0.1, 0.15) is 48.2 Å². The number of Topliss-reactive ketones (excluding diaryl/α,β-unsaturated/α-hetero) is 2. The lowest BCUT2D eigenvalue weighted by Gasteiger charge is -2.45. The van der Waals surface area contributed by atoms with E-state index in [9.17, 15) is 34.8 Å². The summed E-state index contributed by atoms with van der Waals surface area (Å²) in [6, 6.07) is 9.12. The van der Waals surface area contributed by atoms with E-state index in [1.165, 1.54) is 6.07 Å². The van der Waals surface area contributed by atoms with Crippen LogP contribution in [0.2, 0.25) is 0 Å². The van der Waals surface area contributed by atoms with Crippen LogP contribution in [0.25, 0.3) is 11.1 Å². The lowest BCUT2D eigenvalue weighted by Crippen LogP contribution is -2.57. The number of aliphatic hydroxyl groups is 3. The van der Waals surface area contributed by atoms with Gasteiger partial charge in [0.15, 0.2) is 11.4 Å². The van der Waals surface area contributed by atoms with Gasteiger partial charge in [-0.05, 0) is 53.6 Å². The molecule has 2 aromatic rings. The van der Waals surface area contributed by atoms with Crippen molar-refractivity contribution in [3.8, 4) is 22.6 Å². The molecule has 10 heteroatoms. The number of primary amides is 1. The third-order valence-corrected chi connectivity index (χ3v) is 8.21. The second-order valence-corrected chi connectivity index (χ2v) is 11.0. The Bertz CT molecular complexity index is 1520. The van der Waals surface area contributed by atoms with Crippen LogP contribution in [0.4, 0.5) is 0 Å². The molecule has 0 saturated carbocycles. The minimum absolute atomic E-state index is 0.0399. The van der Waals surface area contributed by atoms with E-state index < -0.39 is 52.0 Å². The molecule has 40 heavy (non-hydrogen) atoms. The summed E-state index contributed by atoms with van der Waals surface area (Å²) in [7, 11) is 1.55. The maximum absolute atomic E-state index is 13.9. The normalized spacial score (nSPS) is 24.1. The SMILES string of the molecule is COc1ccc(CNC(C)C)cc1-c1ccc(O)c2c1C[C@H]1C[C@H]3CC(O)=C(C(N)=O)C(=O)[C@@]3(O)C(O)=C1C2=O. The summed E-state index contributed by atoms with van der Waals surface area (Å²) in [5.74, 6) is -5.99. The van der Waals surface area contributed by atoms with Crippen molar-refractivity contribution in [2.45, 2.75) is 51.3 Å². The Kier molecular flexibility index (Phi) is 6.71. The molecule has 5 rings (SSSR count). The van der Waals surface area contributed by atoms with Gasteiger partial charge in [-0.3, -0.25) is 14.4 Å². The van der Waals surface area contributed by atoms with Crippen LogP contribution in [0.5, 0.6) is 11.5 Å². The van der Waals surface area contributed by atoms with E-state index in [-0.39, 0.29) is 42.2 Å². The van der Waals surface area contributed by atoms with E-state index in [1.54, 1.807) is 13.2 Å². The van der Waals surface area contributed by atoms with Gasteiger partial charge in [-0.1, -0.05) is 26.0 Å². The molecular weight excluding hydrogens is 516 g/mol. The Morgan fingerprint density at radius 2 is 1.85 bits per heavy atom. The van der Waals surface area contributed by atoms with Gasteiger partial charge < -0.3 is 36.2 Å². The quantitative estimate of drug-likeness (QED) is 0.296. The Balaban J connectivity index is 1.65. The highest BCUT2D eigenvalue weighted by Crippen LogP contribution is 2.52. The number of carbonyl (C=O) groups excluding carboxylic acids is 3. The van der Waals surface area contributed by atoms with Gasteiger partial charge in [0.2, 0.25) is 5.78 Å². The topological polar surface area (TPSA) is 179 Å². The summed E-state index contributed by atoms with van der Waals surface area (Å²) in [4.78, 5) is 38.8. The summed E-state index contributed by atoms with van der Waals surface area (Å²) >= 11 is 0. The Hall–Kier alpha value is -4.15. The van der Waals surface area contributed by atoms with Gasteiger partial charge in [-0.2, -0.15) is 0 Å². The number of nitrogens with two attached hydrogens (primary N) is 1. The van der Waals surface area contributed by atoms with E-state index in [0.717, 1.165) is 11.1 Å². The van der Waals surface area contributed by atoms with E-state index >= 15 is 0 Å². The van der Waals surface area contributed by atoms with Crippen molar-refractivity contribution in [2.24, 2.45) is 17.6 Å². The van der Waals surface area contributed by atoms with Gasteiger partial charge >= 0.3 is 0 Å². The molecule has 0 unspecified atom stereocenters. The number of ether oxygens (including phenoxy) is 1. The summed E-state index contributed by atoms with van der Waals surface area (Å²) < 4.78 is 5.63. The number of ketones is 2. The van der Waals surface area contributed by atoms with E-state index in [4.69, 9.17) is 10.5 Å². The van der Waals surface area contributed by atoms with Crippen molar-refractivity contribution >= 4 is 17.5 Å². The molecule has 0 fully saturated rings. The summed E-state index contributed by atoms with van der Waals surface area (Å²) in [6.45, 7) is 4.69. The Morgan fingerprint density at radius 3 is 2.50 bits per heavy atom. The standard InChI is InChI=1S/C30H32N2O8/c1-13(2)32-12-14-4-7-22(40-3)18(8-14)17-5-6-20(33)24-19(17)10-15-9-16-11-21(34)25(29(31)38)28(37)30(16,39)27(36)23(15)26(24)35/h4-8,13,15-16,32-34,36,39H,9-12H2,1-3H3,(H2,31,38)/t15-,16+,30+/m1/s1. The monoisotopic (exact) mass is 548 g/mol. The van der Waals surface area contributed by atoms with Crippen molar-refractivity contribution in [2.75, 3.05) is 7.11 Å². The van der Waals surface area contributed by atoms with Gasteiger partial charge in [-0.15, -0.1) is 0 Å². The van der Waals surface area contributed by atoms with Crippen molar-refractivity contribution in [1.29, 1.82) is 0 Å². The Morgan fingerprint density at radius 1 is 1.12 bits per heavy atom. The molecule has 10 nitrogen and oxygen atoms in total. The molecule has 3 aliphatic carbocycles. The van der Waals surface area contributed by atoms with E-state index in [1.807, 2.05) is 32.0 Å². The van der Waals surface area contributed by atoms with Crippen molar-refractivity contribution in [3.05, 3.63) is 69.7 Å². The fraction of sp³-hybridized carbons (Fsp3) is 0.367. The second-order valence-electron chi connectivity index (χ2n) is 11.0. The summed E-state index contributed by atoms with van der Waals surface area (Å²) in [5.41, 5.74) is 4.56. The van der Waals surface area contributed by atoms with Gasteiger partial charge in [0.1, 0.15) is 28.6 Å². The number of carbonyl (C=O) groups is 3. The summed E-state index contributed by atoms with van der Waals surface area (Å²) in [6.07, 6.45) is -0.00966. The second kappa shape index (κ2) is 9.79. The number of allylic oxidation sites excluding steroid dienone is 2. The highest BCUT2D eigenvalue weighted by Gasteiger charge is 2.59. The smallest absolute Gasteiger partial charge is 0.255 e. The van der Waals surface area contributed by atoms with Crippen LogP contribution >= 0.6 is 0 Å². The van der Waals surface area contributed by atoms with Crippen LogP contribution < -0.4 is 15.8 Å². The fourth-order valence-corrected chi connectivity index (χ4v) is 6.27. The number of amides is 1. The van der Waals surface area contributed by atoms with Gasteiger partial charge in [0, 0.05) is 36.1 Å². The molecule has 7 N–H and O–H groups in total. The van der Waals surface area contributed by atoms with Crippen molar-refractivity contribution < 1.29 is 39.5 Å².